The third kappa shape index (κ3) is 5.13. The lowest BCUT2D eigenvalue weighted by atomic mass is 9.87. The number of hydrogen-bond acceptors (Lipinski definition) is 4. The van der Waals surface area contributed by atoms with E-state index < -0.39 is 0 Å². The Kier molecular flexibility index (Phi) is 7.80. The maximum absolute atomic E-state index is 13.2. The van der Waals surface area contributed by atoms with Crippen LogP contribution in [0.5, 0.6) is 11.5 Å². The van der Waals surface area contributed by atoms with Gasteiger partial charge in [0.1, 0.15) is 0 Å². The first-order valence-corrected chi connectivity index (χ1v) is 10.9. The highest BCUT2D eigenvalue weighted by Gasteiger charge is 2.42. The van der Waals surface area contributed by atoms with Gasteiger partial charge in [-0.3, -0.25) is 9.59 Å². The van der Waals surface area contributed by atoms with Crippen molar-refractivity contribution in [2.75, 3.05) is 33.9 Å². The number of carbonyl (C=O) groups is 2. The largest absolute Gasteiger partial charge is 0.493 e. The van der Waals surface area contributed by atoms with E-state index in [1.54, 1.807) is 43.4 Å². The second kappa shape index (κ2) is 10.5. The lowest BCUT2D eigenvalue weighted by molar-refractivity contribution is -0.124. The average molecular weight is 445 g/mol. The van der Waals surface area contributed by atoms with Crippen LogP contribution in [0.15, 0.2) is 42.5 Å². The Hall–Kier alpha value is -2.73. The number of unbranched alkanes of at least 4 members (excludes halogenated alkanes) is 1. The topological polar surface area (TPSA) is 67.9 Å². The highest BCUT2D eigenvalue weighted by Crippen LogP contribution is 2.42. The number of rotatable bonds is 8. The molecule has 2 aromatic rings. The Morgan fingerprint density at radius 1 is 1.13 bits per heavy atom. The van der Waals surface area contributed by atoms with Crippen molar-refractivity contribution in [3.8, 4) is 11.5 Å². The molecule has 3 rings (SSSR count). The van der Waals surface area contributed by atoms with Gasteiger partial charge in [0.2, 0.25) is 5.91 Å². The number of likely N-dealkylation sites (tertiary alicyclic amines) is 1. The number of hydrogen-bond donors (Lipinski definition) is 1. The number of nitrogens with zero attached hydrogens (tertiary/aromatic N) is 1. The Labute approximate surface area is 188 Å². The molecule has 2 atom stereocenters. The van der Waals surface area contributed by atoms with Crippen molar-refractivity contribution in [3.05, 3.63) is 58.6 Å². The van der Waals surface area contributed by atoms with Crippen molar-refractivity contribution in [2.24, 2.45) is 5.92 Å². The van der Waals surface area contributed by atoms with Crippen LogP contribution in [0.2, 0.25) is 5.02 Å². The van der Waals surface area contributed by atoms with Crippen molar-refractivity contribution in [3.63, 3.8) is 0 Å². The van der Waals surface area contributed by atoms with E-state index in [1.807, 2.05) is 18.2 Å². The van der Waals surface area contributed by atoms with Gasteiger partial charge in [0.15, 0.2) is 11.5 Å². The van der Waals surface area contributed by atoms with Crippen molar-refractivity contribution >= 4 is 23.4 Å². The van der Waals surface area contributed by atoms with Crippen LogP contribution in [0.4, 0.5) is 0 Å². The SMILES string of the molecule is CCCCNC(=O)[C@@H]1CN(C(=O)c2cccc(Cl)c2)C[C@H]1c1cccc(OC)c1OC. The maximum Gasteiger partial charge on any atom is 0.253 e. The van der Waals surface area contributed by atoms with Gasteiger partial charge < -0.3 is 19.7 Å². The lowest BCUT2D eigenvalue weighted by Crippen LogP contribution is -2.36. The molecule has 166 valence electrons. The predicted octanol–water partition coefficient (Wildman–Crippen LogP) is 4.13. The lowest BCUT2D eigenvalue weighted by Gasteiger charge is -2.21. The van der Waals surface area contributed by atoms with Gasteiger partial charge in [-0.1, -0.05) is 43.1 Å². The van der Waals surface area contributed by atoms with Crippen molar-refractivity contribution in [1.82, 2.24) is 10.2 Å². The van der Waals surface area contributed by atoms with E-state index in [2.05, 4.69) is 12.2 Å². The summed E-state index contributed by atoms with van der Waals surface area (Å²) in [4.78, 5) is 28.0. The number of halogens is 1. The number of carbonyl (C=O) groups excluding carboxylic acids is 2. The molecule has 1 fully saturated rings. The van der Waals surface area contributed by atoms with Crippen LogP contribution in [0.25, 0.3) is 0 Å². The first-order valence-electron chi connectivity index (χ1n) is 10.5. The van der Waals surface area contributed by atoms with Crippen LogP contribution in [-0.2, 0) is 4.79 Å². The van der Waals surface area contributed by atoms with Crippen LogP contribution in [-0.4, -0.2) is 50.6 Å². The van der Waals surface area contributed by atoms with E-state index in [0.29, 0.717) is 41.7 Å². The number of ether oxygens (including phenoxy) is 2. The van der Waals surface area contributed by atoms with E-state index in [4.69, 9.17) is 21.1 Å². The molecule has 1 saturated heterocycles. The molecule has 0 radical (unpaired) electrons. The zero-order chi connectivity index (χ0) is 22.4. The molecule has 2 aromatic carbocycles. The molecule has 7 heteroatoms. The van der Waals surface area contributed by atoms with Gasteiger partial charge in [0, 0.05) is 41.7 Å². The van der Waals surface area contributed by atoms with Crippen LogP contribution < -0.4 is 14.8 Å². The summed E-state index contributed by atoms with van der Waals surface area (Å²) in [5.74, 6) is 0.405. The quantitative estimate of drug-likeness (QED) is 0.621. The summed E-state index contributed by atoms with van der Waals surface area (Å²) >= 11 is 6.08. The van der Waals surface area contributed by atoms with Crippen LogP contribution >= 0.6 is 11.6 Å². The fraction of sp³-hybridized carbons (Fsp3) is 0.417. The van der Waals surface area contributed by atoms with Gasteiger partial charge >= 0.3 is 0 Å². The molecule has 0 saturated carbocycles. The molecule has 1 aliphatic heterocycles. The fourth-order valence-corrected chi connectivity index (χ4v) is 4.27. The summed E-state index contributed by atoms with van der Waals surface area (Å²) in [5, 5.41) is 3.53. The fourth-order valence-electron chi connectivity index (χ4n) is 4.08. The maximum atomic E-state index is 13.2. The van der Waals surface area contributed by atoms with Gasteiger partial charge in [0.25, 0.3) is 5.91 Å². The van der Waals surface area contributed by atoms with Crippen LogP contribution in [0.3, 0.4) is 0 Å². The Morgan fingerprint density at radius 3 is 2.58 bits per heavy atom. The summed E-state index contributed by atoms with van der Waals surface area (Å²) < 4.78 is 11.1. The zero-order valence-corrected chi connectivity index (χ0v) is 18.9. The van der Waals surface area contributed by atoms with Gasteiger partial charge in [-0.25, -0.2) is 0 Å². The first-order chi connectivity index (χ1) is 15.0. The van der Waals surface area contributed by atoms with E-state index in [9.17, 15) is 9.59 Å². The molecular formula is C24H29ClN2O4. The summed E-state index contributed by atoms with van der Waals surface area (Å²) in [6, 6.07) is 12.5. The highest BCUT2D eigenvalue weighted by molar-refractivity contribution is 6.30. The zero-order valence-electron chi connectivity index (χ0n) is 18.2. The molecular weight excluding hydrogens is 416 g/mol. The molecule has 0 unspecified atom stereocenters. The van der Waals surface area contributed by atoms with E-state index in [0.717, 1.165) is 18.4 Å². The number of benzene rings is 2. The molecule has 6 nitrogen and oxygen atoms in total. The molecule has 0 spiro atoms. The summed E-state index contributed by atoms with van der Waals surface area (Å²) in [5.41, 5.74) is 1.37. The minimum atomic E-state index is -0.388. The molecule has 1 N–H and O–H groups in total. The summed E-state index contributed by atoms with van der Waals surface area (Å²) in [7, 11) is 3.17. The van der Waals surface area contributed by atoms with Crippen molar-refractivity contribution < 1.29 is 19.1 Å². The molecule has 31 heavy (non-hydrogen) atoms. The Balaban J connectivity index is 1.93. The number of amides is 2. The smallest absolute Gasteiger partial charge is 0.253 e. The van der Waals surface area contributed by atoms with Gasteiger partial charge in [-0.05, 0) is 30.7 Å². The molecule has 2 amide bonds. The Morgan fingerprint density at radius 2 is 1.90 bits per heavy atom. The predicted molar refractivity (Wildman–Crippen MR) is 121 cm³/mol. The molecule has 1 heterocycles. The third-order valence-electron chi connectivity index (χ3n) is 5.68. The van der Waals surface area contributed by atoms with Crippen molar-refractivity contribution in [1.29, 1.82) is 0 Å². The van der Waals surface area contributed by atoms with Crippen LogP contribution in [0, 0.1) is 5.92 Å². The molecule has 1 aliphatic rings. The molecule has 0 bridgehead atoms. The number of methoxy groups -OCH3 is 2. The molecule has 0 aliphatic carbocycles. The van der Waals surface area contributed by atoms with Gasteiger partial charge in [-0.15, -0.1) is 0 Å². The highest BCUT2D eigenvalue weighted by atomic mass is 35.5. The second-order valence-corrected chi connectivity index (χ2v) is 8.10. The third-order valence-corrected chi connectivity index (χ3v) is 5.91. The second-order valence-electron chi connectivity index (χ2n) is 7.66. The van der Waals surface area contributed by atoms with E-state index >= 15 is 0 Å². The first kappa shape index (κ1) is 22.9. The standard InChI is InChI=1S/C24H29ClN2O4/c1-4-5-12-26-23(28)20-15-27(24(29)16-8-6-9-17(25)13-16)14-19(20)18-10-7-11-21(30-2)22(18)31-3/h6-11,13,19-20H,4-5,12,14-15H2,1-3H3,(H,26,28)/t19-,20+/m0/s1. The minimum absolute atomic E-state index is 0.0512. The normalized spacial score (nSPS) is 18.0. The van der Waals surface area contributed by atoms with Crippen molar-refractivity contribution in [2.45, 2.75) is 25.7 Å². The van der Waals surface area contributed by atoms with E-state index in [-0.39, 0.29) is 23.7 Å². The number of nitrogens with one attached hydrogen (secondary N) is 1. The minimum Gasteiger partial charge on any atom is -0.493 e. The van der Waals surface area contributed by atoms with E-state index in [1.165, 1.54) is 0 Å². The summed E-state index contributed by atoms with van der Waals surface area (Å²) in [6.45, 7) is 3.43. The number of para-hydroxylation sites is 1. The van der Waals surface area contributed by atoms with Gasteiger partial charge in [-0.2, -0.15) is 0 Å². The molecule has 0 aromatic heterocycles. The summed E-state index contributed by atoms with van der Waals surface area (Å²) in [6.07, 6.45) is 1.91. The van der Waals surface area contributed by atoms with Crippen LogP contribution in [0.1, 0.15) is 41.6 Å². The van der Waals surface area contributed by atoms with Gasteiger partial charge in [0.05, 0.1) is 20.1 Å². The average Bonchev–Trinajstić information content (AvgIpc) is 3.23. The monoisotopic (exact) mass is 444 g/mol. The Bertz CT molecular complexity index is 934.